The van der Waals surface area contributed by atoms with Crippen molar-refractivity contribution in [3.05, 3.63) is 24.3 Å². The summed E-state index contributed by atoms with van der Waals surface area (Å²) < 4.78 is 0. The number of nitrogens with zero attached hydrogens (tertiary/aromatic N) is 1. The zero-order chi connectivity index (χ0) is 8.97. The number of aliphatic carboxylic acids is 1. The number of nitrogens with one attached hydrogen (secondary N) is 1. The maximum atomic E-state index is 10.7. The average Bonchev–Trinajstić information content (AvgIpc) is 2.51. The fraction of sp³-hybridized carbons (Fsp3) is 0.250. The van der Waals surface area contributed by atoms with Crippen molar-refractivity contribution in [2.45, 2.75) is 13.3 Å². The minimum atomic E-state index is -0.930. The van der Waals surface area contributed by atoms with Gasteiger partial charge in [0.2, 0.25) is 0 Å². The van der Waals surface area contributed by atoms with Crippen LogP contribution in [0.2, 0.25) is 0 Å². The first-order valence-electron chi connectivity index (χ1n) is 3.68. The van der Waals surface area contributed by atoms with E-state index in [1.165, 1.54) is 12.5 Å². The van der Waals surface area contributed by atoms with Gasteiger partial charge < -0.3 is 10.1 Å². The third kappa shape index (κ3) is 1.72. The molecule has 0 amide bonds. The van der Waals surface area contributed by atoms with Gasteiger partial charge in [0.15, 0.2) is 0 Å². The number of carboxylic acids is 1. The van der Waals surface area contributed by atoms with E-state index in [0.717, 1.165) is 0 Å². The molecule has 0 saturated heterocycles. The number of aromatic amines is 1. The molecule has 64 valence electrons. The van der Waals surface area contributed by atoms with Crippen molar-refractivity contribution in [2.75, 3.05) is 0 Å². The van der Waals surface area contributed by atoms with Crippen molar-refractivity contribution < 1.29 is 9.90 Å². The molecule has 0 bridgehead atoms. The quantitative estimate of drug-likeness (QED) is 0.665. The summed E-state index contributed by atoms with van der Waals surface area (Å²) in [7, 11) is 0. The number of allylic oxidation sites excluding steroid dienone is 1. The second-order valence-electron chi connectivity index (χ2n) is 2.30. The number of aromatic nitrogens is 2. The molecule has 1 heterocycles. The number of hydrogen-bond acceptors (Lipinski definition) is 2. The first-order valence-corrected chi connectivity index (χ1v) is 3.68. The lowest BCUT2D eigenvalue weighted by Crippen LogP contribution is -1.99. The average molecular weight is 166 g/mol. The normalized spacial score (nSPS) is 11.6. The molecular weight excluding hydrogens is 156 g/mol. The molecule has 0 aromatic carbocycles. The van der Waals surface area contributed by atoms with Gasteiger partial charge >= 0.3 is 5.97 Å². The van der Waals surface area contributed by atoms with E-state index in [-0.39, 0.29) is 5.57 Å². The minimum absolute atomic E-state index is 0.273. The molecule has 0 aliphatic heterocycles. The Morgan fingerprint density at radius 3 is 3.00 bits per heavy atom. The topological polar surface area (TPSA) is 66.0 Å². The van der Waals surface area contributed by atoms with Crippen LogP contribution in [0.25, 0.3) is 5.57 Å². The minimum Gasteiger partial charge on any atom is -0.478 e. The van der Waals surface area contributed by atoms with Crippen LogP contribution in [-0.4, -0.2) is 21.0 Å². The van der Waals surface area contributed by atoms with Crippen molar-refractivity contribution in [3.8, 4) is 0 Å². The molecule has 0 radical (unpaired) electrons. The van der Waals surface area contributed by atoms with Gasteiger partial charge in [-0.1, -0.05) is 13.0 Å². The molecule has 4 nitrogen and oxygen atoms in total. The van der Waals surface area contributed by atoms with Crippen molar-refractivity contribution in [2.24, 2.45) is 0 Å². The standard InChI is InChI=1S/C8H10N2O2/c1-2-3-6(8(11)12)7-4-9-5-10-7/h3-5H,2H2,1H3,(H,9,10)(H,11,12). The molecule has 0 aliphatic carbocycles. The second-order valence-corrected chi connectivity index (χ2v) is 2.30. The van der Waals surface area contributed by atoms with E-state index in [2.05, 4.69) is 9.97 Å². The predicted octanol–water partition coefficient (Wildman–Crippen LogP) is 1.29. The Morgan fingerprint density at radius 1 is 1.83 bits per heavy atom. The SMILES string of the molecule is CCC=C(C(=O)O)c1cnc[nH]1. The number of hydrogen-bond donors (Lipinski definition) is 2. The Balaban J connectivity index is 2.96. The first kappa shape index (κ1) is 8.52. The fourth-order valence-corrected chi connectivity index (χ4v) is 0.920. The summed E-state index contributed by atoms with van der Waals surface area (Å²) in [5, 5.41) is 8.76. The van der Waals surface area contributed by atoms with E-state index < -0.39 is 5.97 Å². The van der Waals surface area contributed by atoms with E-state index in [4.69, 9.17) is 5.11 Å². The van der Waals surface area contributed by atoms with Crippen LogP contribution in [0.3, 0.4) is 0 Å². The Kier molecular flexibility index (Phi) is 2.63. The van der Waals surface area contributed by atoms with Crippen LogP contribution in [0.15, 0.2) is 18.6 Å². The summed E-state index contributed by atoms with van der Waals surface area (Å²) in [4.78, 5) is 17.2. The highest BCUT2D eigenvalue weighted by Crippen LogP contribution is 2.11. The van der Waals surface area contributed by atoms with E-state index in [1.54, 1.807) is 6.08 Å². The van der Waals surface area contributed by atoms with E-state index in [0.29, 0.717) is 12.1 Å². The van der Waals surface area contributed by atoms with Gasteiger partial charge in [-0.2, -0.15) is 0 Å². The maximum Gasteiger partial charge on any atom is 0.337 e. The lowest BCUT2D eigenvalue weighted by atomic mass is 10.2. The van der Waals surface area contributed by atoms with Gasteiger partial charge in [0.1, 0.15) is 0 Å². The molecule has 1 rings (SSSR count). The molecule has 4 heteroatoms. The number of carboxylic acid groups (broad SMARTS) is 1. The highest BCUT2D eigenvalue weighted by Gasteiger charge is 2.09. The zero-order valence-electron chi connectivity index (χ0n) is 6.74. The van der Waals surface area contributed by atoms with Crippen molar-refractivity contribution in [3.63, 3.8) is 0 Å². The Labute approximate surface area is 70.0 Å². The van der Waals surface area contributed by atoms with Crippen LogP contribution < -0.4 is 0 Å². The third-order valence-corrected chi connectivity index (χ3v) is 1.43. The maximum absolute atomic E-state index is 10.7. The fourth-order valence-electron chi connectivity index (χ4n) is 0.920. The summed E-state index contributed by atoms with van der Waals surface area (Å²) in [6.45, 7) is 1.89. The third-order valence-electron chi connectivity index (χ3n) is 1.43. The highest BCUT2D eigenvalue weighted by molar-refractivity contribution is 6.14. The second kappa shape index (κ2) is 3.71. The summed E-state index contributed by atoms with van der Waals surface area (Å²) >= 11 is 0. The van der Waals surface area contributed by atoms with Gasteiger partial charge in [-0.3, -0.25) is 0 Å². The molecular formula is C8H10N2O2. The van der Waals surface area contributed by atoms with Gasteiger partial charge in [0, 0.05) is 0 Å². The molecule has 0 spiro atoms. The number of H-pyrrole nitrogens is 1. The van der Waals surface area contributed by atoms with Gasteiger partial charge in [0.25, 0.3) is 0 Å². The number of carbonyl (C=O) groups is 1. The molecule has 0 aliphatic rings. The molecule has 0 unspecified atom stereocenters. The summed E-state index contributed by atoms with van der Waals surface area (Å²) in [5.41, 5.74) is 0.819. The van der Waals surface area contributed by atoms with Crippen molar-refractivity contribution in [1.29, 1.82) is 0 Å². The van der Waals surface area contributed by atoms with Crippen LogP contribution in [0.4, 0.5) is 0 Å². The van der Waals surface area contributed by atoms with Gasteiger partial charge in [0.05, 0.1) is 23.8 Å². The molecule has 1 aromatic rings. The molecule has 2 N–H and O–H groups in total. The highest BCUT2D eigenvalue weighted by atomic mass is 16.4. The monoisotopic (exact) mass is 166 g/mol. The summed E-state index contributed by atoms with van der Waals surface area (Å²) in [6.07, 6.45) is 5.30. The zero-order valence-corrected chi connectivity index (χ0v) is 6.74. The lowest BCUT2D eigenvalue weighted by molar-refractivity contribution is -0.130. The number of imidazole rings is 1. The molecule has 0 saturated carbocycles. The van der Waals surface area contributed by atoms with Crippen LogP contribution in [-0.2, 0) is 4.79 Å². The van der Waals surface area contributed by atoms with Crippen LogP contribution in [0, 0.1) is 0 Å². The van der Waals surface area contributed by atoms with Gasteiger partial charge in [-0.25, -0.2) is 9.78 Å². The van der Waals surface area contributed by atoms with E-state index in [1.807, 2.05) is 6.92 Å². The number of rotatable bonds is 3. The van der Waals surface area contributed by atoms with Crippen LogP contribution in [0.5, 0.6) is 0 Å². The van der Waals surface area contributed by atoms with E-state index in [9.17, 15) is 4.79 Å². The molecule has 0 atom stereocenters. The first-order chi connectivity index (χ1) is 5.75. The largest absolute Gasteiger partial charge is 0.478 e. The van der Waals surface area contributed by atoms with Crippen molar-refractivity contribution >= 4 is 11.5 Å². The summed E-state index contributed by atoms with van der Waals surface area (Å²) in [5.74, 6) is -0.930. The van der Waals surface area contributed by atoms with Crippen molar-refractivity contribution in [1.82, 2.24) is 9.97 Å². The van der Waals surface area contributed by atoms with Crippen LogP contribution >= 0.6 is 0 Å². The molecule has 0 fully saturated rings. The van der Waals surface area contributed by atoms with Crippen LogP contribution in [0.1, 0.15) is 19.0 Å². The Bertz CT molecular complexity index is 288. The van der Waals surface area contributed by atoms with Gasteiger partial charge in [-0.15, -0.1) is 0 Å². The molecule has 12 heavy (non-hydrogen) atoms. The predicted molar refractivity (Wildman–Crippen MR) is 44.5 cm³/mol. The van der Waals surface area contributed by atoms with E-state index >= 15 is 0 Å². The molecule has 1 aromatic heterocycles. The van der Waals surface area contributed by atoms with Gasteiger partial charge in [-0.05, 0) is 6.42 Å². The Morgan fingerprint density at radius 2 is 2.58 bits per heavy atom. The Hall–Kier alpha value is -1.58. The summed E-state index contributed by atoms with van der Waals surface area (Å²) in [6, 6.07) is 0. The smallest absolute Gasteiger partial charge is 0.337 e. The lowest BCUT2D eigenvalue weighted by Gasteiger charge is -1.96.